The van der Waals surface area contributed by atoms with Crippen LogP contribution in [0.4, 0.5) is 5.69 Å². The Morgan fingerprint density at radius 2 is 1.71 bits per heavy atom. The van der Waals surface area contributed by atoms with E-state index in [9.17, 15) is 18.0 Å². The van der Waals surface area contributed by atoms with Crippen molar-refractivity contribution in [2.45, 2.75) is 50.0 Å². The van der Waals surface area contributed by atoms with E-state index in [1.54, 1.807) is 25.1 Å². The van der Waals surface area contributed by atoms with E-state index in [0.717, 1.165) is 25.7 Å². The van der Waals surface area contributed by atoms with Crippen LogP contribution >= 0.6 is 11.6 Å². The standard InChI is InChI=1S/C22H26ClN3O4S/c1-14-12-15(21(27)25-16-6-4-3-5-7-16)8-11-20(14)26-22(28)18-13-17(9-10-19(18)23)31(29,30)24-2/h8-13,16,24H,3-7H2,1-2H3,(H,25,27)(H,26,28). The Bertz CT molecular complexity index is 1100. The van der Waals surface area contributed by atoms with Gasteiger partial charge in [-0.25, -0.2) is 13.1 Å². The molecule has 0 unspecified atom stereocenters. The number of aryl methyl sites for hydroxylation is 1. The van der Waals surface area contributed by atoms with Gasteiger partial charge in [-0.15, -0.1) is 0 Å². The van der Waals surface area contributed by atoms with Gasteiger partial charge in [-0.3, -0.25) is 9.59 Å². The first kappa shape index (κ1) is 23.2. The summed E-state index contributed by atoms with van der Waals surface area (Å²) in [5.74, 6) is -0.665. The highest BCUT2D eigenvalue weighted by Crippen LogP contribution is 2.24. The van der Waals surface area contributed by atoms with Gasteiger partial charge in [-0.1, -0.05) is 30.9 Å². The maximum atomic E-state index is 12.7. The molecule has 0 heterocycles. The summed E-state index contributed by atoms with van der Waals surface area (Å²) in [6, 6.07) is 9.17. The highest BCUT2D eigenvalue weighted by atomic mass is 35.5. The lowest BCUT2D eigenvalue weighted by molar-refractivity contribution is 0.0927. The van der Waals surface area contributed by atoms with Crippen LogP contribution in [0.25, 0.3) is 0 Å². The molecule has 2 aromatic rings. The first-order chi connectivity index (χ1) is 14.7. The molecule has 1 aliphatic carbocycles. The number of carbonyl (C=O) groups excluding carboxylic acids is 2. The molecule has 0 bridgehead atoms. The molecule has 9 heteroatoms. The van der Waals surface area contributed by atoms with Crippen molar-refractivity contribution in [3.8, 4) is 0 Å². The van der Waals surface area contributed by atoms with Gasteiger partial charge in [0.25, 0.3) is 11.8 Å². The van der Waals surface area contributed by atoms with Crippen LogP contribution < -0.4 is 15.4 Å². The van der Waals surface area contributed by atoms with E-state index in [4.69, 9.17) is 11.6 Å². The molecule has 0 radical (unpaired) electrons. The van der Waals surface area contributed by atoms with E-state index < -0.39 is 15.9 Å². The number of carbonyl (C=O) groups is 2. The second-order valence-corrected chi connectivity index (χ2v) is 9.94. The van der Waals surface area contributed by atoms with Crippen molar-refractivity contribution in [1.29, 1.82) is 0 Å². The Labute approximate surface area is 187 Å². The number of amides is 2. The summed E-state index contributed by atoms with van der Waals surface area (Å²) in [6.45, 7) is 1.79. The van der Waals surface area contributed by atoms with Gasteiger partial charge in [0.05, 0.1) is 15.5 Å². The minimum Gasteiger partial charge on any atom is -0.349 e. The Hall–Kier alpha value is -2.42. The maximum absolute atomic E-state index is 12.7. The van der Waals surface area contributed by atoms with Crippen molar-refractivity contribution >= 4 is 39.1 Å². The molecule has 0 aromatic heterocycles. The smallest absolute Gasteiger partial charge is 0.257 e. The molecule has 166 valence electrons. The molecular weight excluding hydrogens is 438 g/mol. The lowest BCUT2D eigenvalue weighted by Crippen LogP contribution is -2.36. The molecule has 0 atom stereocenters. The predicted molar refractivity (Wildman–Crippen MR) is 121 cm³/mol. The number of halogens is 1. The molecule has 2 aromatic carbocycles. The van der Waals surface area contributed by atoms with Crippen molar-refractivity contribution < 1.29 is 18.0 Å². The number of hydrogen-bond acceptors (Lipinski definition) is 4. The zero-order valence-corrected chi connectivity index (χ0v) is 19.1. The molecule has 3 N–H and O–H groups in total. The van der Waals surface area contributed by atoms with Gasteiger partial charge < -0.3 is 10.6 Å². The highest BCUT2D eigenvalue weighted by Gasteiger charge is 2.19. The Balaban J connectivity index is 1.75. The molecule has 1 saturated carbocycles. The average molecular weight is 464 g/mol. The number of rotatable bonds is 6. The van der Waals surface area contributed by atoms with E-state index in [-0.39, 0.29) is 27.4 Å². The average Bonchev–Trinajstić information content (AvgIpc) is 2.75. The van der Waals surface area contributed by atoms with Gasteiger partial charge >= 0.3 is 0 Å². The van der Waals surface area contributed by atoms with E-state index in [1.807, 2.05) is 0 Å². The van der Waals surface area contributed by atoms with Gasteiger partial charge in [0.2, 0.25) is 10.0 Å². The van der Waals surface area contributed by atoms with Crippen LogP contribution in [-0.2, 0) is 10.0 Å². The minimum atomic E-state index is -3.71. The highest BCUT2D eigenvalue weighted by molar-refractivity contribution is 7.89. The maximum Gasteiger partial charge on any atom is 0.257 e. The largest absolute Gasteiger partial charge is 0.349 e. The summed E-state index contributed by atoms with van der Waals surface area (Å²) in [7, 11) is -2.42. The number of sulfonamides is 1. The van der Waals surface area contributed by atoms with Crippen molar-refractivity contribution in [1.82, 2.24) is 10.0 Å². The van der Waals surface area contributed by atoms with Crippen molar-refractivity contribution in [2.75, 3.05) is 12.4 Å². The Morgan fingerprint density at radius 3 is 2.35 bits per heavy atom. The molecule has 7 nitrogen and oxygen atoms in total. The molecular formula is C22H26ClN3O4S. The third-order valence-corrected chi connectivity index (χ3v) is 7.18. The summed E-state index contributed by atoms with van der Waals surface area (Å²) in [5.41, 5.74) is 1.79. The summed E-state index contributed by atoms with van der Waals surface area (Å²) in [6.07, 6.45) is 5.49. The van der Waals surface area contributed by atoms with Gasteiger partial charge in [0.15, 0.2) is 0 Å². The third kappa shape index (κ3) is 5.64. The lowest BCUT2D eigenvalue weighted by atomic mass is 9.95. The van der Waals surface area contributed by atoms with Gasteiger partial charge in [0, 0.05) is 17.3 Å². The van der Waals surface area contributed by atoms with Gasteiger partial charge in [0.1, 0.15) is 0 Å². The van der Waals surface area contributed by atoms with Crippen molar-refractivity contribution in [3.63, 3.8) is 0 Å². The van der Waals surface area contributed by atoms with Gasteiger partial charge in [-0.05, 0) is 68.8 Å². The zero-order valence-electron chi connectivity index (χ0n) is 17.5. The Morgan fingerprint density at radius 1 is 1.00 bits per heavy atom. The normalized spacial score (nSPS) is 14.8. The molecule has 31 heavy (non-hydrogen) atoms. The van der Waals surface area contributed by atoms with Crippen LogP contribution in [0.3, 0.4) is 0 Å². The summed E-state index contributed by atoms with van der Waals surface area (Å²) in [4.78, 5) is 25.2. The van der Waals surface area contributed by atoms with Crippen molar-refractivity contribution in [2.24, 2.45) is 0 Å². The SMILES string of the molecule is CNS(=O)(=O)c1ccc(Cl)c(C(=O)Nc2ccc(C(=O)NC3CCCCC3)cc2C)c1. The molecule has 0 saturated heterocycles. The molecule has 0 aliphatic heterocycles. The molecule has 1 fully saturated rings. The number of hydrogen-bond donors (Lipinski definition) is 3. The quantitative estimate of drug-likeness (QED) is 0.604. The van der Waals surface area contributed by atoms with Crippen LogP contribution in [0.2, 0.25) is 5.02 Å². The predicted octanol–water partition coefficient (Wildman–Crippen LogP) is 3.87. The van der Waals surface area contributed by atoms with Crippen LogP contribution in [0.5, 0.6) is 0 Å². The topological polar surface area (TPSA) is 104 Å². The van der Waals surface area contributed by atoms with Crippen LogP contribution in [-0.4, -0.2) is 33.3 Å². The van der Waals surface area contributed by atoms with Crippen LogP contribution in [0, 0.1) is 6.92 Å². The zero-order chi connectivity index (χ0) is 22.6. The fourth-order valence-corrected chi connectivity index (χ4v) is 4.57. The van der Waals surface area contributed by atoms with Crippen LogP contribution in [0.15, 0.2) is 41.3 Å². The summed E-state index contributed by atoms with van der Waals surface area (Å²) < 4.78 is 26.2. The molecule has 3 rings (SSSR count). The second-order valence-electron chi connectivity index (χ2n) is 7.64. The minimum absolute atomic E-state index is 0.0384. The number of nitrogens with one attached hydrogen (secondary N) is 3. The first-order valence-electron chi connectivity index (χ1n) is 10.2. The monoisotopic (exact) mass is 463 g/mol. The lowest BCUT2D eigenvalue weighted by Gasteiger charge is -2.23. The van der Waals surface area contributed by atoms with E-state index in [2.05, 4.69) is 15.4 Å². The van der Waals surface area contributed by atoms with E-state index in [0.29, 0.717) is 16.8 Å². The first-order valence-corrected chi connectivity index (χ1v) is 12.0. The number of benzene rings is 2. The fourth-order valence-electron chi connectivity index (χ4n) is 3.61. The number of anilines is 1. The second kappa shape index (κ2) is 9.80. The summed E-state index contributed by atoms with van der Waals surface area (Å²) >= 11 is 6.12. The molecule has 0 spiro atoms. The van der Waals surface area contributed by atoms with E-state index >= 15 is 0 Å². The molecule has 2 amide bonds. The van der Waals surface area contributed by atoms with Gasteiger partial charge in [-0.2, -0.15) is 0 Å². The van der Waals surface area contributed by atoms with Crippen molar-refractivity contribution in [3.05, 3.63) is 58.1 Å². The fraction of sp³-hybridized carbons (Fsp3) is 0.364. The third-order valence-electron chi connectivity index (χ3n) is 5.44. The molecule has 1 aliphatic rings. The van der Waals surface area contributed by atoms with E-state index in [1.165, 1.54) is 31.7 Å². The summed E-state index contributed by atoms with van der Waals surface area (Å²) in [5, 5.41) is 5.95. The van der Waals surface area contributed by atoms with Crippen LogP contribution in [0.1, 0.15) is 58.4 Å². The Kier molecular flexibility index (Phi) is 7.35.